The second-order valence-electron chi connectivity index (χ2n) is 11.9. The zero-order valence-electron chi connectivity index (χ0n) is 26.0. The molecule has 4 aromatic rings. The Labute approximate surface area is 278 Å². The van der Waals surface area contributed by atoms with Crippen molar-refractivity contribution in [1.29, 1.82) is 0 Å². The number of rotatable bonds is 11. The van der Waals surface area contributed by atoms with Gasteiger partial charge in [-0.1, -0.05) is 90.5 Å². The molecule has 0 aliphatic carbocycles. The van der Waals surface area contributed by atoms with Crippen LogP contribution in [0.2, 0.25) is 5.02 Å². The zero-order chi connectivity index (χ0) is 34.4. The molecule has 7 nitrogen and oxygen atoms in total. The van der Waals surface area contributed by atoms with Gasteiger partial charge in [-0.15, -0.1) is 0 Å². The molecule has 47 heavy (non-hydrogen) atoms. The van der Waals surface area contributed by atoms with Gasteiger partial charge in [0.25, 0.3) is 10.0 Å². The number of carbonyl (C=O) groups excluding carboxylic acids is 2. The first-order chi connectivity index (χ1) is 22.1. The highest BCUT2D eigenvalue weighted by molar-refractivity contribution is 7.92. The maximum absolute atomic E-state index is 14.5. The zero-order valence-corrected chi connectivity index (χ0v) is 27.6. The van der Waals surface area contributed by atoms with Crippen LogP contribution in [0.15, 0.2) is 114 Å². The van der Waals surface area contributed by atoms with Gasteiger partial charge in [0.15, 0.2) is 0 Å². The van der Waals surface area contributed by atoms with Crippen molar-refractivity contribution in [1.82, 2.24) is 10.2 Å². The Bertz CT molecular complexity index is 1780. The first-order valence-electron chi connectivity index (χ1n) is 14.7. The molecule has 0 radical (unpaired) electrons. The standard InChI is InChI=1S/C35H35ClF3N3O4S/c1-34(2,3)40-33(44)31(21-25-13-7-4-8-14-25)41(23-26-15-9-5-10-16-26)32(43)24-42(47(45,46)28-17-11-6-12-18-28)27-19-20-30(36)29(22-27)35(37,38)39/h4-20,22,31H,21,23-24H2,1-3H3,(H,40,44)/t31-/m1/s1. The van der Waals surface area contributed by atoms with Gasteiger partial charge in [0, 0.05) is 18.5 Å². The van der Waals surface area contributed by atoms with Crippen LogP contribution in [0.5, 0.6) is 0 Å². The van der Waals surface area contributed by atoms with Crippen molar-refractivity contribution >= 4 is 39.1 Å². The van der Waals surface area contributed by atoms with Crippen LogP contribution in [0, 0.1) is 0 Å². The lowest BCUT2D eigenvalue weighted by atomic mass is 10.0. The molecule has 4 rings (SSSR count). The summed E-state index contributed by atoms with van der Waals surface area (Å²) in [5.74, 6) is -1.28. The molecule has 0 aromatic heterocycles. The summed E-state index contributed by atoms with van der Waals surface area (Å²) in [5, 5.41) is 2.30. The second-order valence-corrected chi connectivity index (χ2v) is 14.2. The minimum absolute atomic E-state index is 0.0810. The molecule has 2 amide bonds. The largest absolute Gasteiger partial charge is 0.417 e. The Morgan fingerprint density at radius 2 is 1.34 bits per heavy atom. The summed E-state index contributed by atoms with van der Waals surface area (Å²) in [5.41, 5.74) is -0.949. The molecule has 0 aliphatic heterocycles. The number of hydrogen-bond donors (Lipinski definition) is 1. The van der Waals surface area contributed by atoms with Crippen molar-refractivity contribution in [2.45, 2.75) is 56.4 Å². The van der Waals surface area contributed by atoms with Gasteiger partial charge in [0.2, 0.25) is 11.8 Å². The molecule has 0 bridgehead atoms. The Hall–Kier alpha value is -4.35. The molecule has 1 N–H and O–H groups in total. The number of anilines is 1. The third-order valence-electron chi connectivity index (χ3n) is 7.12. The van der Waals surface area contributed by atoms with Gasteiger partial charge in [-0.25, -0.2) is 8.42 Å². The van der Waals surface area contributed by atoms with Gasteiger partial charge in [0.05, 0.1) is 21.2 Å². The first kappa shape index (κ1) is 35.5. The summed E-state index contributed by atoms with van der Waals surface area (Å²) in [7, 11) is -4.59. The van der Waals surface area contributed by atoms with Crippen LogP contribution < -0.4 is 9.62 Å². The van der Waals surface area contributed by atoms with Gasteiger partial charge in [0.1, 0.15) is 12.6 Å². The van der Waals surface area contributed by atoms with Crippen LogP contribution in [-0.2, 0) is 38.8 Å². The lowest BCUT2D eigenvalue weighted by Crippen LogP contribution is -2.56. The lowest BCUT2D eigenvalue weighted by molar-refractivity contribution is -0.140. The van der Waals surface area contributed by atoms with E-state index in [2.05, 4.69) is 5.32 Å². The number of nitrogens with zero attached hydrogens (tertiary/aromatic N) is 2. The third kappa shape index (κ3) is 9.36. The fraction of sp³-hybridized carbons (Fsp3) is 0.257. The lowest BCUT2D eigenvalue weighted by Gasteiger charge is -2.35. The SMILES string of the molecule is CC(C)(C)NC(=O)[C@@H](Cc1ccccc1)N(Cc1ccccc1)C(=O)CN(c1ccc(Cl)c(C(F)(F)F)c1)S(=O)(=O)c1ccccc1. The summed E-state index contributed by atoms with van der Waals surface area (Å²) in [4.78, 5) is 29.4. The molecular formula is C35H35ClF3N3O4S. The fourth-order valence-corrected chi connectivity index (χ4v) is 6.57. The van der Waals surface area contributed by atoms with Crippen molar-refractivity contribution in [3.8, 4) is 0 Å². The highest BCUT2D eigenvalue weighted by atomic mass is 35.5. The normalized spacial score (nSPS) is 12.7. The molecule has 0 saturated heterocycles. The van der Waals surface area contributed by atoms with E-state index in [9.17, 15) is 31.2 Å². The van der Waals surface area contributed by atoms with E-state index in [1.807, 2.05) is 6.07 Å². The van der Waals surface area contributed by atoms with E-state index < -0.39 is 62.4 Å². The van der Waals surface area contributed by atoms with Gasteiger partial charge < -0.3 is 10.2 Å². The van der Waals surface area contributed by atoms with Crippen molar-refractivity contribution in [3.63, 3.8) is 0 Å². The fourth-order valence-electron chi connectivity index (χ4n) is 4.92. The van der Waals surface area contributed by atoms with Crippen molar-refractivity contribution in [2.75, 3.05) is 10.8 Å². The maximum Gasteiger partial charge on any atom is 0.417 e. The number of alkyl halides is 3. The Morgan fingerprint density at radius 3 is 1.87 bits per heavy atom. The summed E-state index contributed by atoms with van der Waals surface area (Å²) < 4.78 is 70.4. The minimum Gasteiger partial charge on any atom is -0.350 e. The van der Waals surface area contributed by atoms with E-state index in [4.69, 9.17) is 11.6 Å². The molecule has 0 fully saturated rings. The van der Waals surface area contributed by atoms with Crippen molar-refractivity contribution in [2.24, 2.45) is 0 Å². The topological polar surface area (TPSA) is 86.8 Å². The summed E-state index contributed by atoms with van der Waals surface area (Å²) >= 11 is 5.86. The van der Waals surface area contributed by atoms with Crippen LogP contribution in [0.25, 0.3) is 0 Å². The minimum atomic E-state index is -4.90. The Kier molecular flexibility index (Phi) is 11.0. The number of halogens is 4. The molecule has 0 aliphatic rings. The van der Waals surface area contributed by atoms with Gasteiger partial charge in [-0.05, 0) is 62.2 Å². The third-order valence-corrected chi connectivity index (χ3v) is 9.24. The molecule has 4 aromatic carbocycles. The highest BCUT2D eigenvalue weighted by Gasteiger charge is 2.38. The maximum atomic E-state index is 14.5. The Balaban J connectivity index is 1.86. The first-order valence-corrected chi connectivity index (χ1v) is 16.5. The van der Waals surface area contributed by atoms with E-state index >= 15 is 0 Å². The highest BCUT2D eigenvalue weighted by Crippen LogP contribution is 2.38. The number of hydrogen-bond acceptors (Lipinski definition) is 4. The van der Waals surface area contributed by atoms with E-state index in [0.717, 1.165) is 17.7 Å². The molecule has 12 heteroatoms. The average Bonchev–Trinajstić information content (AvgIpc) is 3.01. The molecule has 0 saturated carbocycles. The smallest absolute Gasteiger partial charge is 0.350 e. The van der Waals surface area contributed by atoms with Crippen LogP contribution in [0.3, 0.4) is 0 Å². The van der Waals surface area contributed by atoms with E-state index in [1.54, 1.807) is 81.4 Å². The average molecular weight is 686 g/mol. The Morgan fingerprint density at radius 1 is 0.809 bits per heavy atom. The van der Waals surface area contributed by atoms with Gasteiger partial charge in [-0.2, -0.15) is 13.2 Å². The number of amides is 2. The van der Waals surface area contributed by atoms with Gasteiger partial charge >= 0.3 is 6.18 Å². The summed E-state index contributed by atoms with van der Waals surface area (Å²) in [6, 6.07) is 26.5. The summed E-state index contributed by atoms with van der Waals surface area (Å²) in [6.45, 7) is 4.39. The molecule has 0 spiro atoms. The number of sulfonamides is 1. The molecular weight excluding hydrogens is 651 g/mol. The predicted molar refractivity (Wildman–Crippen MR) is 176 cm³/mol. The van der Waals surface area contributed by atoms with Crippen LogP contribution in [-0.4, -0.2) is 43.3 Å². The van der Waals surface area contributed by atoms with Crippen LogP contribution in [0.1, 0.15) is 37.5 Å². The van der Waals surface area contributed by atoms with Gasteiger partial charge in [-0.3, -0.25) is 13.9 Å². The van der Waals surface area contributed by atoms with E-state index in [1.165, 1.54) is 29.2 Å². The van der Waals surface area contributed by atoms with Crippen molar-refractivity contribution in [3.05, 3.63) is 131 Å². The van der Waals surface area contributed by atoms with Crippen LogP contribution >= 0.6 is 11.6 Å². The predicted octanol–water partition coefficient (Wildman–Crippen LogP) is 7.11. The molecule has 1 atom stereocenters. The second kappa shape index (κ2) is 14.6. The van der Waals surface area contributed by atoms with Crippen molar-refractivity contribution < 1.29 is 31.2 Å². The van der Waals surface area contributed by atoms with E-state index in [-0.39, 0.29) is 17.9 Å². The quantitative estimate of drug-likeness (QED) is 0.182. The molecule has 0 heterocycles. The molecule has 248 valence electrons. The summed E-state index contributed by atoms with van der Waals surface area (Å²) in [6.07, 6.45) is -4.81. The van der Waals surface area contributed by atoms with Crippen LogP contribution in [0.4, 0.5) is 18.9 Å². The van der Waals surface area contributed by atoms with E-state index in [0.29, 0.717) is 15.9 Å². The number of benzene rings is 4. The monoisotopic (exact) mass is 685 g/mol. The number of carbonyl (C=O) groups is 2. The number of nitrogens with one attached hydrogen (secondary N) is 1. The molecule has 0 unspecified atom stereocenters.